The lowest BCUT2D eigenvalue weighted by Crippen LogP contribution is -2.40. The molecule has 1 saturated carbocycles. The first-order valence-corrected chi connectivity index (χ1v) is 8.43. The van der Waals surface area contributed by atoms with Crippen molar-refractivity contribution in [3.63, 3.8) is 0 Å². The van der Waals surface area contributed by atoms with E-state index in [1.54, 1.807) is 0 Å². The average Bonchev–Trinajstić information content (AvgIpc) is 2.55. The van der Waals surface area contributed by atoms with Crippen LogP contribution in [0.15, 0.2) is 0 Å². The molecule has 0 spiro atoms. The molecule has 1 N–H and O–H groups in total. The van der Waals surface area contributed by atoms with E-state index < -0.39 is 10.0 Å². The molecule has 1 saturated heterocycles. The molecule has 0 atom stereocenters. The lowest BCUT2D eigenvalue weighted by Gasteiger charge is -2.25. The van der Waals surface area contributed by atoms with Gasteiger partial charge in [-0.15, -0.1) is 0 Å². The summed E-state index contributed by atoms with van der Waals surface area (Å²) in [5.41, 5.74) is 0. The highest BCUT2D eigenvalue weighted by molar-refractivity contribution is 7.89. The van der Waals surface area contributed by atoms with Gasteiger partial charge >= 0.3 is 0 Å². The number of amides is 1. The summed E-state index contributed by atoms with van der Waals surface area (Å²) >= 11 is 0. The molecule has 5 nitrogen and oxygen atoms in total. The highest BCUT2D eigenvalue weighted by Crippen LogP contribution is 2.25. The normalized spacial score (nSPS) is 24.6. The molecule has 2 aliphatic rings. The van der Waals surface area contributed by atoms with Crippen LogP contribution in [0.3, 0.4) is 0 Å². The minimum Gasteiger partial charge on any atom is -0.355 e. The van der Waals surface area contributed by atoms with Gasteiger partial charge in [-0.2, -0.15) is 4.31 Å². The van der Waals surface area contributed by atoms with Crippen LogP contribution in [-0.4, -0.2) is 44.0 Å². The van der Waals surface area contributed by atoms with Crippen molar-refractivity contribution in [2.24, 2.45) is 5.92 Å². The third-order valence-corrected chi connectivity index (χ3v) is 5.78. The summed E-state index contributed by atoms with van der Waals surface area (Å²) in [5, 5.41) is 2.71. The molecule has 2 fully saturated rings. The minimum atomic E-state index is -3.27. The second-order valence-corrected chi connectivity index (χ2v) is 7.33. The number of nitrogens with one attached hydrogen (secondary N) is 1. The molecule has 2 rings (SSSR count). The fraction of sp³-hybridized carbons (Fsp3) is 0.917. The van der Waals surface area contributed by atoms with Gasteiger partial charge in [0.25, 0.3) is 0 Å². The minimum absolute atomic E-state index is 0.00491. The van der Waals surface area contributed by atoms with Crippen LogP contribution in [0.25, 0.3) is 0 Å². The predicted octanol–water partition coefficient (Wildman–Crippen LogP) is 0.718. The zero-order valence-electron chi connectivity index (χ0n) is 10.7. The number of sulfonamides is 1. The van der Waals surface area contributed by atoms with Crippen LogP contribution < -0.4 is 5.32 Å². The Labute approximate surface area is 109 Å². The van der Waals surface area contributed by atoms with Gasteiger partial charge in [-0.05, 0) is 25.2 Å². The van der Waals surface area contributed by atoms with Crippen molar-refractivity contribution in [1.29, 1.82) is 0 Å². The summed E-state index contributed by atoms with van der Waals surface area (Å²) in [4.78, 5) is 11.4. The van der Waals surface area contributed by atoms with Crippen LogP contribution >= 0.6 is 0 Å². The largest absolute Gasteiger partial charge is 0.355 e. The molecule has 0 bridgehead atoms. The van der Waals surface area contributed by atoms with Gasteiger partial charge in [-0.1, -0.05) is 19.3 Å². The number of hydrogen-bond acceptors (Lipinski definition) is 3. The zero-order valence-corrected chi connectivity index (χ0v) is 11.5. The highest BCUT2D eigenvalue weighted by Gasteiger charge is 2.29. The van der Waals surface area contributed by atoms with Gasteiger partial charge < -0.3 is 5.32 Å². The molecule has 0 aromatic rings. The number of nitrogens with zero attached hydrogens (tertiary/aromatic N) is 1. The van der Waals surface area contributed by atoms with Crippen LogP contribution in [0.2, 0.25) is 0 Å². The fourth-order valence-electron chi connectivity index (χ4n) is 2.77. The average molecular weight is 274 g/mol. The molecule has 104 valence electrons. The summed E-state index contributed by atoms with van der Waals surface area (Å²) in [6.07, 6.45) is 6.23. The van der Waals surface area contributed by atoms with E-state index in [2.05, 4.69) is 5.32 Å². The van der Waals surface area contributed by atoms with Crippen LogP contribution in [0, 0.1) is 5.92 Å². The number of carbonyl (C=O) groups is 1. The summed E-state index contributed by atoms with van der Waals surface area (Å²) in [6.45, 7) is 1.04. The highest BCUT2D eigenvalue weighted by atomic mass is 32.2. The van der Waals surface area contributed by atoms with Crippen LogP contribution in [0.4, 0.5) is 0 Å². The molecule has 0 aromatic carbocycles. The number of rotatable bonds is 3. The Morgan fingerprint density at radius 1 is 1.17 bits per heavy atom. The van der Waals surface area contributed by atoms with Crippen LogP contribution in [-0.2, 0) is 14.8 Å². The van der Waals surface area contributed by atoms with E-state index in [1.807, 2.05) is 0 Å². The van der Waals surface area contributed by atoms with Crippen LogP contribution in [0.5, 0.6) is 0 Å². The molecular formula is C12H22N2O3S. The maximum Gasteiger partial charge on any atom is 0.235 e. The topological polar surface area (TPSA) is 66.5 Å². The molecule has 1 aliphatic carbocycles. The van der Waals surface area contributed by atoms with Gasteiger partial charge in [0.2, 0.25) is 15.9 Å². The quantitative estimate of drug-likeness (QED) is 0.824. The lowest BCUT2D eigenvalue weighted by atomic mass is 9.91. The van der Waals surface area contributed by atoms with Crippen molar-refractivity contribution < 1.29 is 13.2 Å². The van der Waals surface area contributed by atoms with Crippen molar-refractivity contribution >= 4 is 15.9 Å². The third-order valence-electron chi connectivity index (χ3n) is 3.79. The van der Waals surface area contributed by atoms with E-state index in [-0.39, 0.29) is 24.1 Å². The van der Waals surface area contributed by atoms with Crippen molar-refractivity contribution in [2.45, 2.75) is 38.5 Å². The number of hydrogen-bond donors (Lipinski definition) is 1. The Morgan fingerprint density at radius 3 is 2.61 bits per heavy atom. The van der Waals surface area contributed by atoms with Gasteiger partial charge in [0.05, 0.1) is 12.3 Å². The first-order valence-electron chi connectivity index (χ1n) is 6.82. The Hall–Kier alpha value is -0.620. The Bertz CT molecular complexity index is 388. The summed E-state index contributed by atoms with van der Waals surface area (Å²) in [5.74, 6) is 0.329. The number of carbonyl (C=O) groups excluding carboxylic acids is 1. The van der Waals surface area contributed by atoms with E-state index in [0.29, 0.717) is 19.5 Å². The van der Waals surface area contributed by atoms with Gasteiger partial charge in [0.15, 0.2) is 0 Å². The Kier molecular flexibility index (Phi) is 4.61. The molecule has 1 heterocycles. The summed E-state index contributed by atoms with van der Waals surface area (Å²) in [7, 11) is -3.27. The van der Waals surface area contributed by atoms with E-state index in [4.69, 9.17) is 0 Å². The van der Waals surface area contributed by atoms with Gasteiger partial charge in [0, 0.05) is 13.1 Å². The second kappa shape index (κ2) is 6.02. The van der Waals surface area contributed by atoms with Crippen molar-refractivity contribution in [1.82, 2.24) is 9.62 Å². The maximum absolute atomic E-state index is 12.3. The van der Waals surface area contributed by atoms with E-state index >= 15 is 0 Å². The van der Waals surface area contributed by atoms with Gasteiger partial charge in [0.1, 0.15) is 0 Å². The maximum atomic E-state index is 12.3. The summed E-state index contributed by atoms with van der Waals surface area (Å²) in [6, 6.07) is 0. The molecule has 6 heteroatoms. The smallest absolute Gasteiger partial charge is 0.235 e. The molecule has 1 amide bonds. The second-order valence-electron chi connectivity index (χ2n) is 5.32. The van der Waals surface area contributed by atoms with Crippen molar-refractivity contribution in [2.75, 3.05) is 25.4 Å². The van der Waals surface area contributed by atoms with Gasteiger partial charge in [-0.25, -0.2) is 8.42 Å². The lowest BCUT2D eigenvalue weighted by molar-refractivity contribution is -0.120. The molecule has 0 aromatic heterocycles. The molecule has 0 unspecified atom stereocenters. The van der Waals surface area contributed by atoms with Crippen molar-refractivity contribution in [3.05, 3.63) is 0 Å². The van der Waals surface area contributed by atoms with E-state index in [0.717, 1.165) is 25.7 Å². The molecule has 1 aliphatic heterocycles. The van der Waals surface area contributed by atoms with Gasteiger partial charge in [-0.3, -0.25) is 4.79 Å². The van der Waals surface area contributed by atoms with E-state index in [9.17, 15) is 13.2 Å². The predicted molar refractivity (Wildman–Crippen MR) is 69.6 cm³/mol. The summed E-state index contributed by atoms with van der Waals surface area (Å²) < 4.78 is 26.0. The Morgan fingerprint density at radius 2 is 1.89 bits per heavy atom. The third kappa shape index (κ3) is 3.68. The fourth-order valence-corrected chi connectivity index (χ4v) is 4.63. The molecule has 18 heavy (non-hydrogen) atoms. The van der Waals surface area contributed by atoms with E-state index in [1.165, 1.54) is 10.7 Å². The first-order chi connectivity index (χ1) is 8.58. The zero-order chi connectivity index (χ0) is 13.0. The first kappa shape index (κ1) is 13.8. The molecule has 0 radical (unpaired) electrons. The van der Waals surface area contributed by atoms with Crippen molar-refractivity contribution in [3.8, 4) is 0 Å². The Balaban J connectivity index is 1.97. The monoisotopic (exact) mass is 274 g/mol. The SMILES string of the molecule is O=C1CN(S(=O)(=O)CC2CCCCC2)CCCN1. The van der Waals surface area contributed by atoms with Crippen LogP contribution in [0.1, 0.15) is 38.5 Å². The molecular weight excluding hydrogens is 252 g/mol. The standard InChI is InChI=1S/C12H22N2O3S/c15-12-9-14(8-4-7-13-12)18(16,17)10-11-5-2-1-3-6-11/h11H,1-10H2,(H,13,15).